The molecule has 1 aromatic heterocycles. The highest BCUT2D eigenvalue weighted by Crippen LogP contribution is 2.31. The Kier molecular flexibility index (Phi) is 1.96. The summed E-state index contributed by atoms with van der Waals surface area (Å²) in [6.45, 7) is 0. The van der Waals surface area contributed by atoms with Crippen LogP contribution < -0.4 is 0 Å². The van der Waals surface area contributed by atoms with Crippen LogP contribution in [0.1, 0.15) is 0 Å². The van der Waals surface area contributed by atoms with Gasteiger partial charge in [0.1, 0.15) is 11.2 Å². The van der Waals surface area contributed by atoms with Gasteiger partial charge in [0.2, 0.25) is 0 Å². The number of hydrogen-bond acceptors (Lipinski definition) is 3. The summed E-state index contributed by atoms with van der Waals surface area (Å²) in [4.78, 5) is 0. The van der Waals surface area contributed by atoms with Crippen LogP contribution in [-0.4, -0.2) is 7.05 Å². The third-order valence-corrected chi connectivity index (χ3v) is 2.58. The molecule has 2 aromatic carbocycles. The second-order valence-electron chi connectivity index (χ2n) is 3.58. The van der Waals surface area contributed by atoms with Crippen LogP contribution >= 0.6 is 0 Å². The van der Waals surface area contributed by atoms with E-state index in [-0.39, 0.29) is 0 Å². The van der Waals surface area contributed by atoms with Gasteiger partial charge in [0.25, 0.3) is 0 Å². The smallest absolute Gasteiger partial charge is 0.135 e. The lowest BCUT2D eigenvalue weighted by Gasteiger charge is -1.91. The highest BCUT2D eigenvalue weighted by Gasteiger charge is 2.06. The molecular formula is C13H10N2O. The van der Waals surface area contributed by atoms with Crippen molar-refractivity contribution >= 4 is 27.6 Å². The summed E-state index contributed by atoms with van der Waals surface area (Å²) >= 11 is 0. The van der Waals surface area contributed by atoms with E-state index in [9.17, 15) is 0 Å². The highest BCUT2D eigenvalue weighted by atomic mass is 16.3. The van der Waals surface area contributed by atoms with Gasteiger partial charge in [0.15, 0.2) is 0 Å². The van der Waals surface area contributed by atoms with E-state index in [1.165, 1.54) is 0 Å². The minimum atomic E-state index is 0.849. The topological polar surface area (TPSA) is 37.9 Å². The Balaban J connectivity index is 2.39. The van der Waals surface area contributed by atoms with Crippen LogP contribution in [0.15, 0.2) is 57.1 Å². The monoisotopic (exact) mass is 210 g/mol. The molecule has 0 atom stereocenters. The first-order chi connectivity index (χ1) is 7.88. The second kappa shape index (κ2) is 3.45. The van der Waals surface area contributed by atoms with E-state index in [0.29, 0.717) is 0 Å². The molecule has 0 spiro atoms. The van der Waals surface area contributed by atoms with Crippen LogP contribution in [-0.2, 0) is 0 Å². The Labute approximate surface area is 92.4 Å². The minimum absolute atomic E-state index is 0.849. The zero-order valence-corrected chi connectivity index (χ0v) is 8.84. The van der Waals surface area contributed by atoms with Crippen molar-refractivity contribution in [3.63, 3.8) is 0 Å². The van der Waals surface area contributed by atoms with Gasteiger partial charge in [-0.25, -0.2) is 0 Å². The summed E-state index contributed by atoms with van der Waals surface area (Å²) in [5, 5.41) is 10.00. The van der Waals surface area contributed by atoms with Gasteiger partial charge in [0, 0.05) is 17.8 Å². The fraction of sp³-hybridized carbons (Fsp3) is 0.0769. The van der Waals surface area contributed by atoms with Crippen LogP contribution in [0.5, 0.6) is 0 Å². The number of furan rings is 1. The minimum Gasteiger partial charge on any atom is -0.456 e. The zero-order valence-electron chi connectivity index (χ0n) is 8.84. The average molecular weight is 210 g/mol. The molecule has 3 aromatic rings. The van der Waals surface area contributed by atoms with E-state index >= 15 is 0 Å². The number of azo groups is 1. The molecule has 0 amide bonds. The number of nitrogens with zero attached hydrogens (tertiary/aromatic N) is 2. The van der Waals surface area contributed by atoms with Crippen molar-refractivity contribution in [1.29, 1.82) is 0 Å². The molecule has 0 unspecified atom stereocenters. The van der Waals surface area contributed by atoms with Crippen LogP contribution in [0, 0.1) is 0 Å². The predicted octanol–water partition coefficient (Wildman–Crippen LogP) is 4.30. The Morgan fingerprint density at radius 2 is 1.75 bits per heavy atom. The number of hydrogen-bond donors (Lipinski definition) is 0. The summed E-state index contributed by atoms with van der Waals surface area (Å²) in [6, 6.07) is 13.8. The van der Waals surface area contributed by atoms with Crippen molar-refractivity contribution in [3.05, 3.63) is 42.5 Å². The second-order valence-corrected chi connectivity index (χ2v) is 3.58. The van der Waals surface area contributed by atoms with Crippen molar-refractivity contribution in [3.8, 4) is 0 Å². The fourth-order valence-electron chi connectivity index (χ4n) is 1.89. The maximum Gasteiger partial charge on any atom is 0.135 e. The van der Waals surface area contributed by atoms with Crippen LogP contribution in [0.3, 0.4) is 0 Å². The van der Waals surface area contributed by atoms with Crippen LogP contribution in [0.25, 0.3) is 21.9 Å². The van der Waals surface area contributed by atoms with Crippen LogP contribution in [0.4, 0.5) is 5.69 Å². The molecule has 0 aliphatic carbocycles. The maximum atomic E-state index is 5.71. The Morgan fingerprint density at radius 3 is 2.62 bits per heavy atom. The summed E-state index contributed by atoms with van der Waals surface area (Å²) in [5.74, 6) is 0. The number of benzene rings is 2. The van der Waals surface area contributed by atoms with E-state index in [1.54, 1.807) is 7.05 Å². The first kappa shape index (κ1) is 9.09. The molecule has 0 saturated heterocycles. The lowest BCUT2D eigenvalue weighted by molar-refractivity contribution is 0.669. The fourth-order valence-corrected chi connectivity index (χ4v) is 1.89. The molecule has 0 aliphatic heterocycles. The van der Waals surface area contributed by atoms with Crippen molar-refractivity contribution in [2.75, 3.05) is 7.05 Å². The predicted molar refractivity (Wildman–Crippen MR) is 64.2 cm³/mol. The number of para-hydroxylation sites is 1. The molecule has 16 heavy (non-hydrogen) atoms. The van der Waals surface area contributed by atoms with Gasteiger partial charge >= 0.3 is 0 Å². The molecule has 0 N–H and O–H groups in total. The third kappa shape index (κ3) is 1.29. The molecule has 78 valence electrons. The SMILES string of the molecule is CN=Nc1ccc2oc3ccccc3c2c1. The van der Waals surface area contributed by atoms with Gasteiger partial charge < -0.3 is 4.42 Å². The molecule has 0 saturated carbocycles. The normalized spacial score (nSPS) is 11.8. The van der Waals surface area contributed by atoms with E-state index in [4.69, 9.17) is 4.42 Å². The lowest BCUT2D eigenvalue weighted by Crippen LogP contribution is -1.66. The van der Waals surface area contributed by atoms with Gasteiger partial charge in [-0.05, 0) is 24.3 Å². The molecular weight excluding hydrogens is 200 g/mol. The summed E-state index contributed by atoms with van der Waals surface area (Å²) in [7, 11) is 1.66. The molecule has 1 heterocycles. The molecule has 0 bridgehead atoms. The lowest BCUT2D eigenvalue weighted by atomic mass is 10.1. The molecule has 3 rings (SSSR count). The van der Waals surface area contributed by atoms with Crippen molar-refractivity contribution < 1.29 is 4.42 Å². The average Bonchev–Trinajstić information content (AvgIpc) is 2.68. The van der Waals surface area contributed by atoms with Crippen LogP contribution in [0.2, 0.25) is 0 Å². The van der Waals surface area contributed by atoms with Gasteiger partial charge in [-0.15, -0.1) is 0 Å². The largest absolute Gasteiger partial charge is 0.456 e. The van der Waals surface area contributed by atoms with E-state index < -0.39 is 0 Å². The quantitative estimate of drug-likeness (QED) is 0.552. The van der Waals surface area contributed by atoms with E-state index in [0.717, 1.165) is 27.6 Å². The summed E-state index contributed by atoms with van der Waals surface area (Å²) < 4.78 is 5.71. The number of fused-ring (bicyclic) bond motifs is 3. The first-order valence-corrected chi connectivity index (χ1v) is 5.09. The van der Waals surface area contributed by atoms with Gasteiger partial charge in [0.05, 0.1) is 5.69 Å². The Hall–Kier alpha value is -2.16. The molecule has 0 fully saturated rings. The highest BCUT2D eigenvalue weighted by molar-refractivity contribution is 6.05. The Morgan fingerprint density at radius 1 is 0.938 bits per heavy atom. The zero-order chi connectivity index (χ0) is 11.0. The van der Waals surface area contributed by atoms with E-state index in [2.05, 4.69) is 10.2 Å². The molecule has 3 heteroatoms. The van der Waals surface area contributed by atoms with Gasteiger partial charge in [-0.1, -0.05) is 18.2 Å². The van der Waals surface area contributed by atoms with Gasteiger partial charge in [-0.2, -0.15) is 10.2 Å². The standard InChI is InChI=1S/C13H10N2O/c1-14-15-9-6-7-13-11(8-9)10-4-2-3-5-12(10)16-13/h2-8H,1H3. The summed E-state index contributed by atoms with van der Waals surface area (Å²) in [5.41, 5.74) is 2.64. The Bertz CT molecular complexity index is 683. The summed E-state index contributed by atoms with van der Waals surface area (Å²) in [6.07, 6.45) is 0. The molecule has 3 nitrogen and oxygen atoms in total. The first-order valence-electron chi connectivity index (χ1n) is 5.09. The molecule has 0 radical (unpaired) electrons. The van der Waals surface area contributed by atoms with E-state index in [1.807, 2.05) is 42.5 Å². The van der Waals surface area contributed by atoms with Crippen molar-refractivity contribution in [2.45, 2.75) is 0 Å². The van der Waals surface area contributed by atoms with Gasteiger partial charge in [-0.3, -0.25) is 0 Å². The maximum absolute atomic E-state index is 5.71. The molecule has 0 aliphatic rings. The number of rotatable bonds is 1. The third-order valence-electron chi connectivity index (χ3n) is 2.58. The van der Waals surface area contributed by atoms with Crippen molar-refractivity contribution in [2.24, 2.45) is 10.2 Å². The van der Waals surface area contributed by atoms with Crippen molar-refractivity contribution in [1.82, 2.24) is 0 Å².